The van der Waals surface area contributed by atoms with Gasteiger partial charge in [0, 0.05) is 15.4 Å². The maximum absolute atomic E-state index is 11.8. The third kappa shape index (κ3) is 4.21. The lowest BCUT2D eigenvalue weighted by Gasteiger charge is -2.24. The molecule has 1 saturated heterocycles. The summed E-state index contributed by atoms with van der Waals surface area (Å²) in [6.45, 7) is 7.08. The van der Waals surface area contributed by atoms with Crippen LogP contribution in [0.4, 0.5) is 0 Å². The lowest BCUT2D eigenvalue weighted by Crippen LogP contribution is -2.38. The third-order valence-electron chi connectivity index (χ3n) is 3.14. The van der Waals surface area contributed by atoms with Gasteiger partial charge in [0.15, 0.2) is 5.60 Å². The first kappa shape index (κ1) is 15.4. The van der Waals surface area contributed by atoms with Gasteiger partial charge in [-0.2, -0.15) is 0 Å². The number of unbranched alkanes of at least 4 members (excludes halogenated alkanes) is 1. The second-order valence-corrected chi connectivity index (χ2v) is 8.11. The van der Waals surface area contributed by atoms with E-state index in [1.165, 1.54) is 0 Å². The lowest BCUT2D eigenvalue weighted by molar-refractivity contribution is -0.163. The summed E-state index contributed by atoms with van der Waals surface area (Å²) in [4.78, 5) is 23.1. The van der Waals surface area contributed by atoms with Crippen LogP contribution in [0, 0.1) is 0 Å². The first-order valence-corrected chi connectivity index (χ1v) is 9.39. The van der Waals surface area contributed by atoms with Crippen molar-refractivity contribution < 1.29 is 19.1 Å². The van der Waals surface area contributed by atoms with Crippen LogP contribution in [0.25, 0.3) is 0 Å². The summed E-state index contributed by atoms with van der Waals surface area (Å²) < 4.78 is 10.4. The maximum Gasteiger partial charge on any atom is 0.346 e. The van der Waals surface area contributed by atoms with E-state index < -0.39 is 17.5 Å². The van der Waals surface area contributed by atoms with Crippen molar-refractivity contribution >= 4 is 20.7 Å². The summed E-state index contributed by atoms with van der Waals surface area (Å²) in [5.41, 5.74) is -0.983. The highest BCUT2D eigenvalue weighted by Crippen LogP contribution is 2.31. The summed E-state index contributed by atoms with van der Waals surface area (Å²) in [7, 11) is -0.300. The molecule has 0 amide bonds. The largest absolute Gasteiger partial charge is 0.391 e. The van der Waals surface area contributed by atoms with Gasteiger partial charge in [-0.3, -0.25) is 4.79 Å². The van der Waals surface area contributed by atoms with E-state index in [-0.39, 0.29) is 15.2 Å². The second kappa shape index (κ2) is 7.04. The molecule has 1 rings (SSSR count). The van der Waals surface area contributed by atoms with Crippen molar-refractivity contribution in [3.05, 3.63) is 0 Å². The van der Waals surface area contributed by atoms with Gasteiger partial charge < -0.3 is 9.47 Å². The number of ether oxygens (including phenoxy) is 2. The van der Waals surface area contributed by atoms with Crippen LogP contribution in [0.15, 0.2) is 0 Å². The SMILES string of the molecule is CCCCOC1(CCC[Si](C)C)CC(=O)OC1=O. The van der Waals surface area contributed by atoms with Gasteiger partial charge in [-0.25, -0.2) is 4.79 Å². The van der Waals surface area contributed by atoms with Gasteiger partial charge in [-0.15, -0.1) is 0 Å². The number of carbonyl (C=O) groups excluding carboxylic acids is 2. The topological polar surface area (TPSA) is 52.6 Å². The van der Waals surface area contributed by atoms with Crippen LogP contribution >= 0.6 is 0 Å². The van der Waals surface area contributed by atoms with E-state index in [9.17, 15) is 9.59 Å². The van der Waals surface area contributed by atoms with Gasteiger partial charge in [0.25, 0.3) is 0 Å². The number of esters is 2. The number of rotatable bonds is 8. The lowest BCUT2D eigenvalue weighted by atomic mass is 9.96. The monoisotopic (exact) mass is 271 g/mol. The standard InChI is InChI=1S/C13H23O4Si/c1-4-5-8-16-13(7-6-9-18(2)3)10-11(14)17-12(13)15/h4-10H2,1-3H3. The summed E-state index contributed by atoms with van der Waals surface area (Å²) in [6.07, 6.45) is 3.54. The normalized spacial score (nSPS) is 23.8. The number of hydrogen-bond acceptors (Lipinski definition) is 4. The predicted molar refractivity (Wildman–Crippen MR) is 70.8 cm³/mol. The van der Waals surface area contributed by atoms with Crippen LogP contribution in [-0.2, 0) is 19.1 Å². The molecule has 0 saturated carbocycles. The van der Waals surface area contributed by atoms with Crippen molar-refractivity contribution in [3.8, 4) is 0 Å². The predicted octanol–water partition coefficient (Wildman–Crippen LogP) is 2.55. The van der Waals surface area contributed by atoms with Crippen molar-refractivity contribution in [2.75, 3.05) is 6.61 Å². The first-order chi connectivity index (χ1) is 8.50. The molecule has 1 atom stereocenters. The van der Waals surface area contributed by atoms with Crippen molar-refractivity contribution in [3.63, 3.8) is 0 Å². The summed E-state index contributed by atoms with van der Waals surface area (Å²) >= 11 is 0. The van der Waals surface area contributed by atoms with Crippen molar-refractivity contribution in [1.29, 1.82) is 0 Å². The van der Waals surface area contributed by atoms with Crippen LogP contribution in [0.2, 0.25) is 19.1 Å². The highest BCUT2D eigenvalue weighted by Gasteiger charge is 2.49. The zero-order valence-corrected chi connectivity index (χ0v) is 12.6. The Labute approximate surface area is 111 Å². The number of cyclic esters (lactones) is 2. The quantitative estimate of drug-likeness (QED) is 0.295. The van der Waals surface area contributed by atoms with Gasteiger partial charge in [0.1, 0.15) is 0 Å². The molecule has 0 N–H and O–H groups in total. The zero-order valence-electron chi connectivity index (χ0n) is 11.6. The first-order valence-electron chi connectivity index (χ1n) is 6.68. The Morgan fingerprint density at radius 2 is 2.06 bits per heavy atom. The minimum Gasteiger partial charge on any atom is -0.391 e. The summed E-state index contributed by atoms with van der Waals surface area (Å²) in [6, 6.07) is 1.13. The van der Waals surface area contributed by atoms with Crippen molar-refractivity contribution in [2.24, 2.45) is 0 Å². The molecule has 1 unspecified atom stereocenters. The Morgan fingerprint density at radius 1 is 1.33 bits per heavy atom. The van der Waals surface area contributed by atoms with Gasteiger partial charge in [0.05, 0.1) is 6.42 Å². The van der Waals surface area contributed by atoms with Crippen LogP contribution < -0.4 is 0 Å². The van der Waals surface area contributed by atoms with Crippen LogP contribution in [0.3, 0.4) is 0 Å². The fraction of sp³-hybridized carbons (Fsp3) is 0.846. The third-order valence-corrected chi connectivity index (χ3v) is 4.50. The molecule has 1 aliphatic heterocycles. The molecule has 0 aromatic heterocycles. The summed E-state index contributed by atoms with van der Waals surface area (Å²) in [5, 5.41) is 0. The highest BCUT2D eigenvalue weighted by molar-refractivity contribution is 6.55. The number of hydrogen-bond donors (Lipinski definition) is 0. The minimum absolute atomic E-state index is 0.0883. The molecule has 0 spiro atoms. The van der Waals surface area contributed by atoms with Gasteiger partial charge in [-0.1, -0.05) is 38.9 Å². The maximum atomic E-state index is 11.8. The molecule has 103 valence electrons. The van der Waals surface area contributed by atoms with E-state index in [1.807, 2.05) is 0 Å². The second-order valence-electron chi connectivity index (χ2n) is 5.20. The molecule has 5 heteroatoms. The van der Waals surface area contributed by atoms with Gasteiger partial charge in [-0.05, 0) is 12.8 Å². The van der Waals surface area contributed by atoms with Crippen molar-refractivity contribution in [1.82, 2.24) is 0 Å². The van der Waals surface area contributed by atoms with E-state index in [2.05, 4.69) is 24.8 Å². The van der Waals surface area contributed by atoms with E-state index in [0.29, 0.717) is 13.0 Å². The molecular weight excluding hydrogens is 248 g/mol. The molecule has 1 aliphatic rings. The molecule has 0 aromatic rings. The number of carbonyl (C=O) groups is 2. The Morgan fingerprint density at radius 3 is 2.56 bits per heavy atom. The average Bonchev–Trinajstić information content (AvgIpc) is 2.54. The molecule has 0 aromatic carbocycles. The Kier molecular flexibility index (Phi) is 6.01. The fourth-order valence-corrected chi connectivity index (χ4v) is 2.93. The van der Waals surface area contributed by atoms with E-state index >= 15 is 0 Å². The van der Waals surface area contributed by atoms with E-state index in [1.54, 1.807) is 0 Å². The smallest absolute Gasteiger partial charge is 0.346 e. The molecule has 4 nitrogen and oxygen atoms in total. The van der Waals surface area contributed by atoms with E-state index in [4.69, 9.17) is 4.74 Å². The Bertz CT molecular complexity index is 303. The molecule has 0 bridgehead atoms. The zero-order chi connectivity index (χ0) is 13.6. The molecule has 1 radical (unpaired) electrons. The summed E-state index contributed by atoms with van der Waals surface area (Å²) in [5.74, 6) is -0.931. The fourth-order valence-electron chi connectivity index (χ4n) is 2.05. The van der Waals surface area contributed by atoms with E-state index in [0.717, 1.165) is 25.3 Å². The minimum atomic E-state index is -0.983. The van der Waals surface area contributed by atoms with Crippen LogP contribution in [0.1, 0.15) is 39.0 Å². The molecule has 1 heterocycles. The molecule has 1 fully saturated rings. The van der Waals surface area contributed by atoms with Gasteiger partial charge >= 0.3 is 11.9 Å². The van der Waals surface area contributed by atoms with Gasteiger partial charge in [0.2, 0.25) is 0 Å². The average molecular weight is 271 g/mol. The molecule has 0 aliphatic carbocycles. The van der Waals surface area contributed by atoms with Crippen LogP contribution in [-0.4, -0.2) is 32.9 Å². The Hall–Kier alpha value is -0.683. The highest BCUT2D eigenvalue weighted by atomic mass is 28.3. The molecular formula is C13H23O4Si. The van der Waals surface area contributed by atoms with Crippen molar-refractivity contribution in [2.45, 2.75) is 63.8 Å². The molecule has 18 heavy (non-hydrogen) atoms. The van der Waals surface area contributed by atoms with Crippen LogP contribution in [0.5, 0.6) is 0 Å². The Balaban J connectivity index is 2.57.